The highest BCUT2D eigenvalue weighted by molar-refractivity contribution is 7.85. The van der Waals surface area contributed by atoms with Crippen LogP contribution in [-0.4, -0.2) is 56.6 Å². The molecule has 0 unspecified atom stereocenters. The molecule has 1 aliphatic heterocycles. The summed E-state index contributed by atoms with van der Waals surface area (Å²) in [6, 6.07) is 16.2. The van der Waals surface area contributed by atoms with Crippen molar-refractivity contribution in [3.8, 4) is 0 Å². The van der Waals surface area contributed by atoms with E-state index in [2.05, 4.69) is 22.8 Å². The van der Waals surface area contributed by atoms with Gasteiger partial charge in [0.05, 0.1) is 10.4 Å². The van der Waals surface area contributed by atoms with Crippen LogP contribution in [0.2, 0.25) is 0 Å². The Bertz CT molecular complexity index is 894. The molecule has 0 bridgehead atoms. The number of nitrogens with one attached hydrogen (secondary N) is 2. The fourth-order valence-corrected chi connectivity index (χ4v) is 3.60. The van der Waals surface area contributed by atoms with Crippen molar-refractivity contribution >= 4 is 16.1 Å². The Morgan fingerprint density at radius 1 is 1.03 bits per heavy atom. The van der Waals surface area contributed by atoms with Crippen LogP contribution in [0.4, 0.5) is 4.79 Å². The third kappa shape index (κ3) is 7.10. The summed E-state index contributed by atoms with van der Waals surface area (Å²) in [5.41, 5.74) is 1.92. The third-order valence-electron chi connectivity index (χ3n) is 4.85. The fraction of sp³-hybridized carbons (Fsp3) is 0.381. The monoisotopic (exact) mass is 437 g/mol. The number of carbonyl (C=O) groups is 1. The van der Waals surface area contributed by atoms with Crippen molar-refractivity contribution in [2.75, 3.05) is 27.2 Å². The van der Waals surface area contributed by atoms with Gasteiger partial charge in [-0.25, -0.2) is 4.79 Å². The molecule has 0 atom stereocenters. The lowest BCUT2D eigenvalue weighted by molar-refractivity contribution is 0.186. The number of benzene rings is 2. The van der Waals surface area contributed by atoms with Crippen molar-refractivity contribution in [2.45, 2.75) is 30.2 Å². The molecular formula is C21H31N3O5S. The van der Waals surface area contributed by atoms with Crippen LogP contribution in [0.25, 0.3) is 0 Å². The van der Waals surface area contributed by atoms with Crippen molar-refractivity contribution in [1.82, 2.24) is 15.5 Å². The Balaban J connectivity index is 0.000000324. The van der Waals surface area contributed by atoms with E-state index in [1.54, 1.807) is 31.1 Å². The van der Waals surface area contributed by atoms with Gasteiger partial charge in [0.15, 0.2) is 0 Å². The Morgan fingerprint density at radius 3 is 2.03 bits per heavy atom. The van der Waals surface area contributed by atoms with Gasteiger partial charge in [-0.2, -0.15) is 8.42 Å². The van der Waals surface area contributed by atoms with Gasteiger partial charge in [-0.15, -0.1) is 0 Å². The van der Waals surface area contributed by atoms with Gasteiger partial charge in [0.1, 0.15) is 0 Å². The number of urea groups is 1. The van der Waals surface area contributed by atoms with Crippen LogP contribution in [0.1, 0.15) is 24.0 Å². The van der Waals surface area contributed by atoms with Crippen LogP contribution in [0.5, 0.6) is 0 Å². The molecule has 1 aliphatic rings. The number of hydrogen-bond acceptors (Lipinski definition) is 4. The number of amides is 2. The third-order valence-corrected chi connectivity index (χ3v) is 5.72. The summed E-state index contributed by atoms with van der Waals surface area (Å²) >= 11 is 0. The Kier molecular flexibility index (Phi) is 9.44. The number of aryl methyl sites for hydroxylation is 1. The predicted octanol–water partition coefficient (Wildman–Crippen LogP) is 1.95. The zero-order chi connectivity index (χ0) is 21.5. The summed E-state index contributed by atoms with van der Waals surface area (Å²) in [6.07, 6.45) is 1.85. The Hall–Kier alpha value is -2.46. The van der Waals surface area contributed by atoms with Crippen LogP contribution in [-0.2, 0) is 15.7 Å². The number of rotatable bonds is 3. The second-order valence-corrected chi connectivity index (χ2v) is 8.73. The van der Waals surface area contributed by atoms with E-state index in [0.717, 1.165) is 31.5 Å². The molecule has 9 heteroatoms. The summed E-state index contributed by atoms with van der Waals surface area (Å²) in [7, 11) is -0.474. The van der Waals surface area contributed by atoms with Crippen molar-refractivity contribution in [1.29, 1.82) is 0 Å². The number of piperidine rings is 1. The van der Waals surface area contributed by atoms with Gasteiger partial charge in [-0.05, 0) is 50.6 Å². The minimum absolute atomic E-state index is 0. The molecule has 166 valence electrons. The van der Waals surface area contributed by atoms with Crippen molar-refractivity contribution in [2.24, 2.45) is 0 Å². The van der Waals surface area contributed by atoms with E-state index in [4.69, 9.17) is 4.55 Å². The molecule has 5 N–H and O–H groups in total. The second-order valence-electron chi connectivity index (χ2n) is 7.31. The summed E-state index contributed by atoms with van der Waals surface area (Å²) < 4.78 is 29.6. The molecule has 30 heavy (non-hydrogen) atoms. The first kappa shape index (κ1) is 25.6. The molecule has 1 saturated heterocycles. The van der Waals surface area contributed by atoms with Gasteiger partial charge < -0.3 is 21.0 Å². The number of hydrogen-bond donors (Lipinski definition) is 3. The average molecular weight is 438 g/mol. The van der Waals surface area contributed by atoms with E-state index in [9.17, 15) is 13.2 Å². The summed E-state index contributed by atoms with van der Waals surface area (Å²) in [5, 5.41) is 6.54. The van der Waals surface area contributed by atoms with Crippen LogP contribution in [0.3, 0.4) is 0 Å². The van der Waals surface area contributed by atoms with E-state index in [0.29, 0.717) is 0 Å². The van der Waals surface area contributed by atoms with Gasteiger partial charge in [-0.3, -0.25) is 4.55 Å². The minimum Gasteiger partial charge on any atom is -0.412 e. The molecule has 2 aromatic carbocycles. The van der Waals surface area contributed by atoms with Crippen LogP contribution in [0, 0.1) is 6.92 Å². The molecule has 0 aromatic heterocycles. The quantitative estimate of drug-likeness (QED) is 0.632. The second kappa shape index (κ2) is 11.1. The number of nitrogens with zero attached hydrogens (tertiary/aromatic N) is 1. The zero-order valence-electron chi connectivity index (χ0n) is 17.6. The molecule has 0 saturated carbocycles. The lowest BCUT2D eigenvalue weighted by Crippen LogP contribution is -2.54. The van der Waals surface area contributed by atoms with Gasteiger partial charge in [0.2, 0.25) is 0 Å². The summed E-state index contributed by atoms with van der Waals surface area (Å²) in [6.45, 7) is 3.71. The largest absolute Gasteiger partial charge is 0.412 e. The van der Waals surface area contributed by atoms with Crippen LogP contribution in [0.15, 0.2) is 59.5 Å². The molecule has 1 heterocycles. The first-order valence-corrected chi connectivity index (χ1v) is 10.9. The SMILES string of the molecule is CN(C)C(=O)NC1(c2ccccc2)CCNCC1.Cc1ccc(S(=O)(=O)O)cc1.O. The summed E-state index contributed by atoms with van der Waals surface area (Å²) in [5.74, 6) is 0. The van der Waals surface area contributed by atoms with E-state index < -0.39 is 10.1 Å². The first-order chi connectivity index (χ1) is 13.6. The van der Waals surface area contributed by atoms with Crippen LogP contribution >= 0.6 is 0 Å². The van der Waals surface area contributed by atoms with E-state index in [1.807, 2.05) is 25.1 Å². The molecule has 2 aromatic rings. The molecule has 2 amide bonds. The minimum atomic E-state index is -4.02. The maximum Gasteiger partial charge on any atom is 0.317 e. The van der Waals surface area contributed by atoms with Crippen molar-refractivity contribution in [3.63, 3.8) is 0 Å². The fourth-order valence-electron chi connectivity index (χ4n) is 3.12. The molecule has 3 rings (SSSR count). The highest BCUT2D eigenvalue weighted by Crippen LogP contribution is 2.30. The lowest BCUT2D eigenvalue weighted by atomic mass is 9.81. The molecule has 0 radical (unpaired) electrons. The zero-order valence-corrected chi connectivity index (χ0v) is 18.4. The van der Waals surface area contributed by atoms with Gasteiger partial charge in [0, 0.05) is 14.1 Å². The lowest BCUT2D eigenvalue weighted by Gasteiger charge is -2.39. The van der Waals surface area contributed by atoms with E-state index >= 15 is 0 Å². The molecule has 0 aliphatic carbocycles. The topological polar surface area (TPSA) is 130 Å². The Labute approximate surface area is 178 Å². The van der Waals surface area contributed by atoms with Gasteiger partial charge in [0.25, 0.3) is 10.1 Å². The smallest absolute Gasteiger partial charge is 0.317 e. The predicted molar refractivity (Wildman–Crippen MR) is 117 cm³/mol. The van der Waals surface area contributed by atoms with Crippen molar-refractivity contribution in [3.05, 3.63) is 65.7 Å². The van der Waals surface area contributed by atoms with E-state index in [-0.39, 0.29) is 21.9 Å². The Morgan fingerprint density at radius 2 is 1.57 bits per heavy atom. The summed E-state index contributed by atoms with van der Waals surface area (Å²) in [4.78, 5) is 13.5. The normalized spacial score (nSPS) is 15.1. The molecule has 0 spiro atoms. The maximum absolute atomic E-state index is 12.0. The average Bonchev–Trinajstić information content (AvgIpc) is 2.69. The standard InChI is InChI=1S/C14H21N3O.C7H8O3S.H2O/c1-17(2)13(18)16-14(8-10-15-11-9-14)12-6-4-3-5-7-12;1-6-2-4-7(5-3-6)11(8,9)10;/h3-7,15H,8-11H2,1-2H3,(H,16,18);2-5H,1H3,(H,8,9,10);1H2. The molecular weight excluding hydrogens is 406 g/mol. The van der Waals surface area contributed by atoms with Gasteiger partial charge in [-0.1, -0.05) is 48.0 Å². The highest BCUT2D eigenvalue weighted by atomic mass is 32.2. The molecule has 1 fully saturated rings. The van der Waals surface area contributed by atoms with Crippen molar-refractivity contribution < 1.29 is 23.2 Å². The first-order valence-electron chi connectivity index (χ1n) is 9.44. The highest BCUT2D eigenvalue weighted by Gasteiger charge is 2.35. The number of carbonyl (C=O) groups excluding carboxylic acids is 1. The van der Waals surface area contributed by atoms with Crippen LogP contribution < -0.4 is 10.6 Å². The van der Waals surface area contributed by atoms with E-state index in [1.165, 1.54) is 17.7 Å². The van der Waals surface area contributed by atoms with Gasteiger partial charge >= 0.3 is 6.03 Å². The maximum atomic E-state index is 12.0. The molecule has 8 nitrogen and oxygen atoms in total.